The van der Waals surface area contributed by atoms with E-state index in [2.05, 4.69) is 21.2 Å². The van der Waals surface area contributed by atoms with Crippen LogP contribution in [0.25, 0.3) is 6.08 Å². The van der Waals surface area contributed by atoms with Gasteiger partial charge in [0.1, 0.15) is 29.8 Å². The topological polar surface area (TPSA) is 62.1 Å². The lowest BCUT2D eigenvalue weighted by molar-refractivity contribution is -0.112. The largest absolute Gasteiger partial charge is 0.488 e. The molecule has 1 amide bonds. The van der Waals surface area contributed by atoms with Crippen molar-refractivity contribution in [1.29, 1.82) is 5.26 Å². The molecule has 0 fully saturated rings. The molecule has 3 aromatic rings. The summed E-state index contributed by atoms with van der Waals surface area (Å²) in [5, 5.41) is 12.4. The summed E-state index contributed by atoms with van der Waals surface area (Å²) in [5.74, 6) is -0.437. The summed E-state index contributed by atoms with van der Waals surface area (Å²) >= 11 is 3.40. The number of rotatable bonds is 7. The van der Waals surface area contributed by atoms with E-state index in [4.69, 9.17) is 4.74 Å². The number of nitrogens with zero attached hydrogens (tertiary/aromatic N) is 1. The maximum absolute atomic E-state index is 13.9. The Kier molecular flexibility index (Phi) is 7.58. The number of aryl methyl sites for hydroxylation is 1. The number of para-hydroxylation sites is 1. The maximum atomic E-state index is 13.9. The van der Waals surface area contributed by atoms with E-state index in [1.165, 1.54) is 12.1 Å². The Hall–Kier alpha value is -3.43. The van der Waals surface area contributed by atoms with Crippen LogP contribution in [-0.4, -0.2) is 5.91 Å². The van der Waals surface area contributed by atoms with E-state index in [0.29, 0.717) is 22.6 Å². The molecular formula is C25H20BrFN2O2. The second kappa shape index (κ2) is 10.6. The van der Waals surface area contributed by atoms with Gasteiger partial charge in [-0.1, -0.05) is 59.3 Å². The van der Waals surface area contributed by atoms with E-state index in [-0.39, 0.29) is 18.0 Å². The third kappa shape index (κ3) is 5.80. The van der Waals surface area contributed by atoms with Gasteiger partial charge in [0.25, 0.3) is 5.91 Å². The smallest absolute Gasteiger partial charge is 0.266 e. The Morgan fingerprint density at radius 1 is 1.13 bits per heavy atom. The van der Waals surface area contributed by atoms with Gasteiger partial charge in [0.15, 0.2) is 0 Å². The molecular weight excluding hydrogens is 459 g/mol. The Morgan fingerprint density at radius 3 is 2.55 bits per heavy atom. The third-order valence-electron chi connectivity index (χ3n) is 4.62. The fourth-order valence-electron chi connectivity index (χ4n) is 2.98. The molecule has 6 heteroatoms. The lowest BCUT2D eigenvalue weighted by atomic mass is 10.1. The second-order valence-corrected chi connectivity index (χ2v) is 7.61. The summed E-state index contributed by atoms with van der Waals surface area (Å²) in [6, 6.07) is 21.0. The summed E-state index contributed by atoms with van der Waals surface area (Å²) in [6.07, 6.45) is 2.22. The Labute approximate surface area is 189 Å². The minimum atomic E-state index is -0.511. The Bertz CT molecular complexity index is 1170. The van der Waals surface area contributed by atoms with Gasteiger partial charge in [-0.3, -0.25) is 4.79 Å². The molecule has 31 heavy (non-hydrogen) atoms. The fraction of sp³-hybridized carbons (Fsp3) is 0.120. The molecule has 0 atom stereocenters. The van der Waals surface area contributed by atoms with E-state index < -0.39 is 5.91 Å². The second-order valence-electron chi connectivity index (χ2n) is 6.70. The van der Waals surface area contributed by atoms with Gasteiger partial charge >= 0.3 is 0 Å². The number of halogens is 2. The number of ether oxygens (including phenoxy) is 1. The van der Waals surface area contributed by atoms with Crippen molar-refractivity contribution in [1.82, 2.24) is 0 Å². The lowest BCUT2D eigenvalue weighted by Gasteiger charge is -2.12. The Morgan fingerprint density at radius 2 is 1.84 bits per heavy atom. The van der Waals surface area contributed by atoms with E-state index in [9.17, 15) is 14.4 Å². The lowest BCUT2D eigenvalue weighted by Crippen LogP contribution is -2.14. The van der Waals surface area contributed by atoms with E-state index in [1.54, 1.807) is 42.5 Å². The average Bonchev–Trinajstić information content (AvgIpc) is 2.78. The SMILES string of the molecule is CCc1ccccc1NC(=O)/C(C#N)=C/c1cc(Br)ccc1OCc1ccccc1F. The van der Waals surface area contributed by atoms with Crippen molar-refractivity contribution in [2.24, 2.45) is 0 Å². The first-order valence-corrected chi connectivity index (χ1v) is 10.5. The molecule has 0 saturated heterocycles. The predicted octanol–water partition coefficient (Wildman–Crippen LogP) is 6.28. The fourth-order valence-corrected chi connectivity index (χ4v) is 3.36. The molecule has 0 aromatic heterocycles. The van der Waals surface area contributed by atoms with Crippen molar-refractivity contribution in [3.63, 3.8) is 0 Å². The van der Waals surface area contributed by atoms with Gasteiger partial charge in [-0.05, 0) is 48.4 Å². The zero-order valence-corrected chi connectivity index (χ0v) is 18.4. The monoisotopic (exact) mass is 478 g/mol. The third-order valence-corrected chi connectivity index (χ3v) is 5.12. The van der Waals surface area contributed by atoms with Crippen LogP contribution in [0.5, 0.6) is 5.75 Å². The number of nitriles is 1. The van der Waals surface area contributed by atoms with Crippen LogP contribution in [0.15, 0.2) is 76.8 Å². The van der Waals surface area contributed by atoms with Gasteiger partial charge in [-0.15, -0.1) is 0 Å². The number of benzene rings is 3. The van der Waals surface area contributed by atoms with Crippen LogP contribution < -0.4 is 10.1 Å². The van der Waals surface area contributed by atoms with Crippen LogP contribution in [0.2, 0.25) is 0 Å². The number of hydrogen-bond donors (Lipinski definition) is 1. The minimum absolute atomic E-state index is 0.0209. The van der Waals surface area contributed by atoms with Crippen LogP contribution in [0.4, 0.5) is 10.1 Å². The van der Waals surface area contributed by atoms with Crippen LogP contribution in [0, 0.1) is 17.1 Å². The molecule has 0 spiro atoms. The van der Waals surface area contributed by atoms with Crippen molar-refractivity contribution in [3.05, 3.63) is 99.3 Å². The van der Waals surface area contributed by atoms with Gasteiger partial charge < -0.3 is 10.1 Å². The quantitative estimate of drug-likeness (QED) is 0.321. The summed E-state index contributed by atoms with van der Waals surface area (Å²) < 4.78 is 20.4. The molecule has 0 heterocycles. The minimum Gasteiger partial charge on any atom is -0.488 e. The molecule has 3 rings (SSSR count). The van der Waals surface area contributed by atoms with Crippen LogP contribution >= 0.6 is 15.9 Å². The van der Waals surface area contributed by atoms with Gasteiger partial charge in [0.2, 0.25) is 0 Å². The summed E-state index contributed by atoms with van der Waals surface area (Å²) in [6.45, 7) is 2.01. The van der Waals surface area contributed by atoms with E-state index >= 15 is 0 Å². The molecule has 0 aliphatic rings. The normalized spacial score (nSPS) is 11.0. The molecule has 0 saturated carbocycles. The number of carbonyl (C=O) groups is 1. The summed E-state index contributed by atoms with van der Waals surface area (Å²) in [5.41, 5.74) is 2.52. The molecule has 0 aliphatic heterocycles. The van der Waals surface area contributed by atoms with Gasteiger partial charge in [0.05, 0.1) is 0 Å². The average molecular weight is 479 g/mol. The molecule has 4 nitrogen and oxygen atoms in total. The highest BCUT2D eigenvalue weighted by atomic mass is 79.9. The maximum Gasteiger partial charge on any atom is 0.266 e. The predicted molar refractivity (Wildman–Crippen MR) is 123 cm³/mol. The van der Waals surface area contributed by atoms with E-state index in [0.717, 1.165) is 16.5 Å². The van der Waals surface area contributed by atoms with Gasteiger partial charge in [-0.25, -0.2) is 4.39 Å². The highest BCUT2D eigenvalue weighted by molar-refractivity contribution is 9.10. The van der Waals surface area contributed by atoms with Crippen molar-refractivity contribution >= 4 is 33.6 Å². The standard InChI is InChI=1S/C25H20BrFN2O2/c1-2-17-7-4-6-10-23(17)29-25(30)20(15-28)13-19-14-21(26)11-12-24(19)31-16-18-8-3-5-9-22(18)27/h3-14H,2,16H2,1H3,(H,29,30)/b20-13+. The molecule has 156 valence electrons. The van der Waals surface area contributed by atoms with Crippen LogP contribution in [-0.2, 0) is 17.8 Å². The first kappa shape index (κ1) is 22.3. The van der Waals surface area contributed by atoms with Crippen LogP contribution in [0.3, 0.4) is 0 Å². The zero-order valence-electron chi connectivity index (χ0n) is 16.9. The first-order valence-electron chi connectivity index (χ1n) is 9.68. The van der Waals surface area contributed by atoms with E-state index in [1.807, 2.05) is 31.2 Å². The number of carbonyl (C=O) groups excluding carboxylic acids is 1. The summed E-state index contributed by atoms with van der Waals surface area (Å²) in [4.78, 5) is 12.7. The highest BCUT2D eigenvalue weighted by Gasteiger charge is 2.13. The number of nitrogens with one attached hydrogen (secondary N) is 1. The highest BCUT2D eigenvalue weighted by Crippen LogP contribution is 2.27. The number of amides is 1. The van der Waals surface area contributed by atoms with Crippen molar-refractivity contribution < 1.29 is 13.9 Å². The molecule has 0 unspecified atom stereocenters. The number of anilines is 1. The molecule has 1 N–H and O–H groups in total. The van der Waals surface area contributed by atoms with Crippen LogP contribution in [0.1, 0.15) is 23.6 Å². The number of hydrogen-bond acceptors (Lipinski definition) is 3. The van der Waals surface area contributed by atoms with Crippen molar-refractivity contribution in [2.45, 2.75) is 20.0 Å². The first-order chi connectivity index (χ1) is 15.0. The molecule has 3 aromatic carbocycles. The van der Waals surface area contributed by atoms with Crippen molar-refractivity contribution in [2.75, 3.05) is 5.32 Å². The summed E-state index contributed by atoms with van der Waals surface area (Å²) in [7, 11) is 0. The van der Waals surface area contributed by atoms with Crippen molar-refractivity contribution in [3.8, 4) is 11.8 Å². The molecule has 0 aliphatic carbocycles. The Balaban J connectivity index is 1.86. The molecule has 0 bridgehead atoms. The van der Waals surface area contributed by atoms with Gasteiger partial charge in [-0.2, -0.15) is 5.26 Å². The zero-order chi connectivity index (χ0) is 22.2. The van der Waals surface area contributed by atoms with Gasteiger partial charge in [0, 0.05) is 21.3 Å². The molecule has 0 radical (unpaired) electrons.